The molecule has 0 amide bonds. The smallest absolute Gasteiger partial charge is 0.191 e. The fourth-order valence-corrected chi connectivity index (χ4v) is 4.68. The third kappa shape index (κ3) is 5.97. The van der Waals surface area contributed by atoms with E-state index in [1.54, 1.807) is 12.1 Å². The minimum Gasteiger partial charge on any atom is -0.230 e. The van der Waals surface area contributed by atoms with E-state index in [9.17, 15) is 0 Å². The van der Waals surface area contributed by atoms with Crippen LogP contribution < -0.4 is 0 Å². The van der Waals surface area contributed by atoms with Crippen LogP contribution in [0.3, 0.4) is 0 Å². The molecular formula is C30H38F2. The summed E-state index contributed by atoms with van der Waals surface area (Å²) in [6.45, 7) is 4.38. The summed E-state index contributed by atoms with van der Waals surface area (Å²) in [6.07, 6.45) is 14.3. The van der Waals surface area contributed by atoms with Gasteiger partial charge in [-0.2, -0.15) is 0 Å². The second kappa shape index (κ2) is 12.1. The Kier molecular flexibility index (Phi) is 9.26. The average Bonchev–Trinajstić information content (AvgIpc) is 2.82. The first kappa shape index (κ1) is 24.4. The van der Waals surface area contributed by atoms with Crippen LogP contribution in [0.15, 0.2) is 72.1 Å². The van der Waals surface area contributed by atoms with Crippen molar-refractivity contribution in [3.8, 4) is 11.1 Å². The van der Waals surface area contributed by atoms with Crippen molar-refractivity contribution in [1.82, 2.24) is 0 Å². The van der Waals surface area contributed by atoms with Crippen LogP contribution in [0.4, 0.5) is 8.78 Å². The fourth-order valence-electron chi connectivity index (χ4n) is 4.68. The lowest BCUT2D eigenvalue weighted by Gasteiger charge is -2.29. The Hall–Kier alpha value is -2.22. The molecule has 0 N–H and O–H groups in total. The van der Waals surface area contributed by atoms with Gasteiger partial charge in [0, 0.05) is 12.0 Å². The van der Waals surface area contributed by atoms with Gasteiger partial charge < -0.3 is 0 Å². The summed E-state index contributed by atoms with van der Waals surface area (Å²) >= 11 is 0. The second-order valence-corrected chi connectivity index (χ2v) is 9.11. The molecule has 0 radical (unpaired) electrons. The molecule has 32 heavy (non-hydrogen) atoms. The molecule has 2 aromatic carbocycles. The van der Waals surface area contributed by atoms with Crippen LogP contribution in [0.5, 0.6) is 0 Å². The summed E-state index contributed by atoms with van der Waals surface area (Å²) in [5.74, 6) is -0.595. The maximum absolute atomic E-state index is 16.4. The van der Waals surface area contributed by atoms with Gasteiger partial charge in [-0.05, 0) is 47.9 Å². The molecule has 1 aliphatic rings. The number of unbranched alkanes of at least 4 members (excludes halogenated alkanes) is 6. The highest BCUT2D eigenvalue weighted by Crippen LogP contribution is 2.47. The van der Waals surface area contributed by atoms with Crippen molar-refractivity contribution in [1.29, 1.82) is 0 Å². The molecule has 172 valence electrons. The van der Waals surface area contributed by atoms with Crippen LogP contribution in [0, 0.1) is 0 Å². The van der Waals surface area contributed by atoms with Crippen molar-refractivity contribution in [3.05, 3.63) is 83.2 Å². The number of hydrogen-bond donors (Lipinski definition) is 0. The summed E-state index contributed by atoms with van der Waals surface area (Å²) in [6, 6.07) is 15.8. The van der Waals surface area contributed by atoms with Crippen molar-refractivity contribution in [2.24, 2.45) is 0 Å². The largest absolute Gasteiger partial charge is 0.230 e. The minimum absolute atomic E-state index is 0.0470. The SMILES string of the molecule is CCCCCCCC1=C(F)C(F)(c2ccccc2-c2cccc(CCCCC)c2)CC=C1. The predicted molar refractivity (Wildman–Crippen MR) is 133 cm³/mol. The monoisotopic (exact) mass is 436 g/mol. The molecule has 0 aromatic heterocycles. The van der Waals surface area contributed by atoms with Crippen molar-refractivity contribution < 1.29 is 8.78 Å². The normalized spacial score (nSPS) is 18.4. The molecule has 1 unspecified atom stereocenters. The Morgan fingerprint density at radius 2 is 1.53 bits per heavy atom. The number of aryl methyl sites for hydroxylation is 1. The van der Waals surface area contributed by atoms with E-state index >= 15 is 8.78 Å². The van der Waals surface area contributed by atoms with E-state index in [0.29, 0.717) is 17.6 Å². The van der Waals surface area contributed by atoms with Gasteiger partial charge in [0.2, 0.25) is 0 Å². The zero-order valence-electron chi connectivity index (χ0n) is 19.8. The van der Waals surface area contributed by atoms with Crippen molar-refractivity contribution in [3.63, 3.8) is 0 Å². The zero-order valence-corrected chi connectivity index (χ0v) is 19.8. The Morgan fingerprint density at radius 3 is 2.34 bits per heavy atom. The summed E-state index contributed by atoms with van der Waals surface area (Å²) in [5.41, 5.74) is 1.89. The predicted octanol–water partition coefficient (Wildman–Crippen LogP) is 9.80. The molecule has 0 saturated carbocycles. The van der Waals surface area contributed by atoms with Gasteiger partial charge in [0.25, 0.3) is 0 Å². The van der Waals surface area contributed by atoms with Gasteiger partial charge in [-0.15, -0.1) is 0 Å². The number of benzene rings is 2. The van der Waals surface area contributed by atoms with Gasteiger partial charge in [0.05, 0.1) is 0 Å². The van der Waals surface area contributed by atoms with Gasteiger partial charge in [-0.3, -0.25) is 0 Å². The second-order valence-electron chi connectivity index (χ2n) is 9.11. The van der Waals surface area contributed by atoms with Crippen LogP contribution in [0.1, 0.15) is 89.2 Å². The number of rotatable bonds is 12. The molecule has 0 saturated heterocycles. The minimum atomic E-state index is -2.09. The van der Waals surface area contributed by atoms with E-state index in [1.165, 1.54) is 31.2 Å². The highest BCUT2D eigenvalue weighted by molar-refractivity contribution is 5.70. The van der Waals surface area contributed by atoms with E-state index in [4.69, 9.17) is 0 Å². The maximum Gasteiger partial charge on any atom is 0.191 e. The van der Waals surface area contributed by atoms with Crippen molar-refractivity contribution >= 4 is 0 Å². The Morgan fingerprint density at radius 1 is 0.812 bits per heavy atom. The molecule has 2 heteroatoms. The average molecular weight is 437 g/mol. The van der Waals surface area contributed by atoms with Crippen molar-refractivity contribution in [2.45, 2.75) is 90.1 Å². The van der Waals surface area contributed by atoms with E-state index in [1.807, 2.05) is 36.4 Å². The third-order valence-electron chi connectivity index (χ3n) is 6.56. The highest BCUT2D eigenvalue weighted by atomic mass is 19.2. The lowest BCUT2D eigenvalue weighted by molar-refractivity contribution is 0.174. The first-order valence-electron chi connectivity index (χ1n) is 12.5. The Bertz CT molecular complexity index is 924. The third-order valence-corrected chi connectivity index (χ3v) is 6.56. The molecule has 2 aromatic rings. The van der Waals surface area contributed by atoms with E-state index in [0.717, 1.165) is 43.2 Å². The van der Waals surface area contributed by atoms with Gasteiger partial charge >= 0.3 is 0 Å². The lowest BCUT2D eigenvalue weighted by Crippen LogP contribution is -2.24. The quantitative estimate of drug-likeness (QED) is 0.290. The topological polar surface area (TPSA) is 0 Å². The number of allylic oxidation sites excluding steroid dienone is 4. The Labute approximate surface area is 193 Å². The fraction of sp³-hybridized carbons (Fsp3) is 0.467. The molecule has 0 aliphatic heterocycles. The molecule has 0 bridgehead atoms. The van der Waals surface area contributed by atoms with E-state index in [-0.39, 0.29) is 6.42 Å². The first-order valence-corrected chi connectivity index (χ1v) is 12.5. The van der Waals surface area contributed by atoms with E-state index in [2.05, 4.69) is 26.0 Å². The molecule has 0 spiro atoms. The zero-order chi connectivity index (χ0) is 22.8. The molecule has 1 aliphatic carbocycles. The summed E-state index contributed by atoms with van der Waals surface area (Å²) in [5, 5.41) is 0. The van der Waals surface area contributed by atoms with Crippen LogP contribution >= 0.6 is 0 Å². The van der Waals surface area contributed by atoms with Crippen LogP contribution in [-0.2, 0) is 12.1 Å². The van der Waals surface area contributed by atoms with Gasteiger partial charge in [-0.25, -0.2) is 8.78 Å². The molecule has 1 atom stereocenters. The van der Waals surface area contributed by atoms with Crippen LogP contribution in [0.25, 0.3) is 11.1 Å². The summed E-state index contributed by atoms with van der Waals surface area (Å²) in [7, 11) is 0. The Balaban J connectivity index is 1.87. The lowest BCUT2D eigenvalue weighted by atomic mass is 9.80. The number of halogens is 2. The maximum atomic E-state index is 16.4. The van der Waals surface area contributed by atoms with Gasteiger partial charge in [0.15, 0.2) is 5.67 Å². The first-order chi connectivity index (χ1) is 15.6. The summed E-state index contributed by atoms with van der Waals surface area (Å²) < 4.78 is 32.0. The molecule has 0 heterocycles. The van der Waals surface area contributed by atoms with Gasteiger partial charge in [0.1, 0.15) is 5.83 Å². The van der Waals surface area contributed by atoms with Crippen LogP contribution in [0.2, 0.25) is 0 Å². The highest BCUT2D eigenvalue weighted by Gasteiger charge is 2.41. The molecule has 0 fully saturated rings. The van der Waals surface area contributed by atoms with E-state index < -0.39 is 11.5 Å². The molecular weight excluding hydrogens is 398 g/mol. The molecule has 0 nitrogen and oxygen atoms in total. The molecule has 3 rings (SSSR count). The number of alkyl halides is 1. The van der Waals surface area contributed by atoms with Gasteiger partial charge in [-0.1, -0.05) is 113 Å². The standard InChI is InChI=1S/C30H38F2/c1-3-5-7-8-10-17-25-19-14-22-30(32,29(25)31)28-21-12-11-20-27(28)26-18-13-16-24(23-26)15-9-6-4-2/h11-14,16,18-21,23H,3-10,15,17,22H2,1-2H3. The van der Waals surface area contributed by atoms with Crippen molar-refractivity contribution in [2.75, 3.05) is 0 Å². The number of hydrogen-bond acceptors (Lipinski definition) is 0. The summed E-state index contributed by atoms with van der Waals surface area (Å²) in [4.78, 5) is 0. The van der Waals surface area contributed by atoms with Crippen LogP contribution in [-0.4, -0.2) is 0 Å².